The van der Waals surface area contributed by atoms with Crippen LogP contribution in [0.15, 0.2) is 24.3 Å². The maximum Gasteiger partial charge on any atom is 0.326 e. The van der Waals surface area contributed by atoms with Crippen LogP contribution in [0.4, 0.5) is 0 Å². The maximum absolute atomic E-state index is 12.1. The molecule has 1 atom stereocenters. The zero-order valence-electron chi connectivity index (χ0n) is 12.3. The standard InChI is InChI=1S/C14H20ClNO4S/c1-14(2,3)8-9-21(19,20)16-12(13(17)18)10-6-4-5-7-11(10)15/h4-7,12,16H,8-9H2,1-3H3,(H,17,18)/t12-/m1/s1. The van der Waals surface area contributed by atoms with E-state index in [1.165, 1.54) is 12.1 Å². The lowest BCUT2D eigenvalue weighted by atomic mass is 9.94. The van der Waals surface area contributed by atoms with Crippen LogP contribution >= 0.6 is 11.6 Å². The molecule has 1 aromatic carbocycles. The summed E-state index contributed by atoms with van der Waals surface area (Å²) in [4.78, 5) is 11.3. The predicted octanol–water partition coefficient (Wildman–Crippen LogP) is 2.82. The Morgan fingerprint density at radius 1 is 1.33 bits per heavy atom. The van der Waals surface area contributed by atoms with E-state index in [1.54, 1.807) is 12.1 Å². The number of carboxylic acid groups (broad SMARTS) is 1. The number of carbonyl (C=O) groups is 1. The van der Waals surface area contributed by atoms with Crippen molar-refractivity contribution in [1.29, 1.82) is 0 Å². The SMILES string of the molecule is CC(C)(C)CCS(=O)(=O)N[C@@H](C(=O)O)c1ccccc1Cl. The van der Waals surface area contributed by atoms with Crippen molar-refractivity contribution in [2.24, 2.45) is 5.41 Å². The zero-order valence-corrected chi connectivity index (χ0v) is 13.8. The summed E-state index contributed by atoms with van der Waals surface area (Å²) >= 11 is 5.94. The second-order valence-corrected chi connectivity index (χ2v) is 8.32. The Hall–Kier alpha value is -1.11. The van der Waals surface area contributed by atoms with Crippen LogP contribution in [0.3, 0.4) is 0 Å². The highest BCUT2D eigenvalue weighted by Crippen LogP contribution is 2.24. The third kappa shape index (κ3) is 6.03. The Morgan fingerprint density at radius 3 is 2.38 bits per heavy atom. The summed E-state index contributed by atoms with van der Waals surface area (Å²) in [6.07, 6.45) is 0.428. The van der Waals surface area contributed by atoms with Crippen molar-refractivity contribution in [3.8, 4) is 0 Å². The van der Waals surface area contributed by atoms with Gasteiger partial charge in [-0.15, -0.1) is 0 Å². The van der Waals surface area contributed by atoms with Crippen LogP contribution in [0.25, 0.3) is 0 Å². The second-order valence-electron chi connectivity index (χ2n) is 6.04. The number of hydrogen-bond acceptors (Lipinski definition) is 3. The first-order chi connectivity index (χ1) is 9.52. The number of nitrogens with one attached hydrogen (secondary N) is 1. The topological polar surface area (TPSA) is 83.5 Å². The molecule has 0 heterocycles. The summed E-state index contributed by atoms with van der Waals surface area (Å²) in [6, 6.07) is 4.90. The van der Waals surface area contributed by atoms with Gasteiger partial charge in [-0.2, -0.15) is 4.72 Å². The average molecular weight is 334 g/mol. The molecular formula is C14H20ClNO4S. The molecule has 21 heavy (non-hydrogen) atoms. The number of carboxylic acids is 1. The number of rotatable bonds is 6. The van der Waals surface area contributed by atoms with E-state index in [0.717, 1.165) is 0 Å². The maximum atomic E-state index is 12.1. The summed E-state index contributed by atoms with van der Waals surface area (Å²) in [7, 11) is -3.71. The van der Waals surface area contributed by atoms with Gasteiger partial charge in [0.2, 0.25) is 10.0 Å². The average Bonchev–Trinajstić information content (AvgIpc) is 2.34. The van der Waals surface area contributed by atoms with Gasteiger partial charge < -0.3 is 5.11 Å². The normalized spacial score (nSPS) is 13.9. The van der Waals surface area contributed by atoms with Crippen LogP contribution in [0, 0.1) is 5.41 Å². The predicted molar refractivity (Wildman–Crippen MR) is 82.8 cm³/mol. The van der Waals surface area contributed by atoms with Crippen LogP contribution in [-0.2, 0) is 14.8 Å². The minimum absolute atomic E-state index is 0.134. The highest BCUT2D eigenvalue weighted by molar-refractivity contribution is 7.89. The van der Waals surface area contributed by atoms with Crippen molar-refractivity contribution in [1.82, 2.24) is 4.72 Å². The molecule has 0 saturated carbocycles. The first-order valence-electron chi connectivity index (χ1n) is 6.49. The van der Waals surface area contributed by atoms with Gasteiger partial charge in [0.15, 0.2) is 0 Å². The second kappa shape index (κ2) is 6.77. The van der Waals surface area contributed by atoms with Crippen molar-refractivity contribution in [3.63, 3.8) is 0 Å². The highest BCUT2D eigenvalue weighted by Gasteiger charge is 2.28. The summed E-state index contributed by atoms with van der Waals surface area (Å²) in [5.41, 5.74) is 0.0729. The van der Waals surface area contributed by atoms with E-state index in [4.69, 9.17) is 11.6 Å². The van der Waals surface area contributed by atoms with E-state index in [-0.39, 0.29) is 21.8 Å². The van der Waals surface area contributed by atoms with E-state index in [1.807, 2.05) is 20.8 Å². The van der Waals surface area contributed by atoms with Gasteiger partial charge in [0, 0.05) is 5.02 Å². The fourth-order valence-corrected chi connectivity index (χ4v) is 3.47. The number of hydrogen-bond donors (Lipinski definition) is 2. The molecule has 0 amide bonds. The van der Waals surface area contributed by atoms with Gasteiger partial charge in [-0.25, -0.2) is 8.42 Å². The molecule has 0 spiro atoms. The molecule has 7 heteroatoms. The van der Waals surface area contributed by atoms with Gasteiger partial charge in [0.25, 0.3) is 0 Å². The Labute approximate surface area is 130 Å². The Morgan fingerprint density at radius 2 is 1.90 bits per heavy atom. The van der Waals surface area contributed by atoms with E-state index >= 15 is 0 Å². The summed E-state index contributed by atoms with van der Waals surface area (Å²) in [5.74, 6) is -1.42. The van der Waals surface area contributed by atoms with Crippen molar-refractivity contribution in [3.05, 3.63) is 34.9 Å². The van der Waals surface area contributed by atoms with Gasteiger partial charge in [-0.05, 0) is 23.5 Å². The molecule has 0 aromatic heterocycles. The molecule has 0 bridgehead atoms. The minimum Gasteiger partial charge on any atom is -0.480 e. The molecule has 2 N–H and O–H groups in total. The summed E-state index contributed by atoms with van der Waals surface area (Å²) < 4.78 is 26.3. The van der Waals surface area contributed by atoms with E-state index in [2.05, 4.69) is 4.72 Å². The highest BCUT2D eigenvalue weighted by atomic mass is 35.5. The summed E-state index contributed by atoms with van der Waals surface area (Å²) in [6.45, 7) is 5.77. The fourth-order valence-electron chi connectivity index (χ4n) is 1.64. The van der Waals surface area contributed by atoms with Crippen molar-refractivity contribution in [2.45, 2.75) is 33.2 Å². The van der Waals surface area contributed by atoms with Crippen molar-refractivity contribution < 1.29 is 18.3 Å². The van der Waals surface area contributed by atoms with Crippen molar-refractivity contribution in [2.75, 3.05) is 5.75 Å². The van der Waals surface area contributed by atoms with Crippen LogP contribution in [0.5, 0.6) is 0 Å². The minimum atomic E-state index is -3.71. The third-order valence-electron chi connectivity index (χ3n) is 2.88. The number of sulfonamides is 1. The molecule has 0 unspecified atom stereocenters. The quantitative estimate of drug-likeness (QED) is 0.838. The Bertz CT molecular complexity index is 608. The first-order valence-corrected chi connectivity index (χ1v) is 8.52. The smallest absolute Gasteiger partial charge is 0.326 e. The first kappa shape index (κ1) is 17.9. The molecule has 1 rings (SSSR count). The fraction of sp³-hybridized carbons (Fsp3) is 0.500. The molecule has 0 saturated heterocycles. The molecule has 0 aliphatic carbocycles. The van der Waals surface area contributed by atoms with Crippen LogP contribution < -0.4 is 4.72 Å². The largest absolute Gasteiger partial charge is 0.480 e. The monoisotopic (exact) mass is 333 g/mol. The van der Waals surface area contributed by atoms with Crippen molar-refractivity contribution >= 4 is 27.6 Å². The Kier molecular flexibility index (Phi) is 5.78. The zero-order chi connectivity index (χ0) is 16.3. The lowest BCUT2D eigenvalue weighted by molar-refractivity contribution is -0.139. The molecule has 0 aliphatic rings. The van der Waals surface area contributed by atoms with Gasteiger partial charge in [0.1, 0.15) is 6.04 Å². The van der Waals surface area contributed by atoms with Crippen LogP contribution in [0.1, 0.15) is 38.8 Å². The van der Waals surface area contributed by atoms with Crippen LogP contribution in [0.2, 0.25) is 5.02 Å². The molecule has 0 fully saturated rings. The molecule has 0 radical (unpaired) electrons. The number of benzene rings is 1. The molecule has 118 valence electrons. The third-order valence-corrected chi connectivity index (χ3v) is 4.56. The molecule has 1 aromatic rings. The van der Waals surface area contributed by atoms with E-state index < -0.39 is 22.0 Å². The van der Waals surface area contributed by atoms with Crippen LogP contribution in [-0.4, -0.2) is 25.2 Å². The Balaban J connectivity index is 2.95. The van der Waals surface area contributed by atoms with Gasteiger partial charge in [0.05, 0.1) is 5.75 Å². The lowest BCUT2D eigenvalue weighted by Crippen LogP contribution is -2.36. The van der Waals surface area contributed by atoms with E-state index in [9.17, 15) is 18.3 Å². The van der Waals surface area contributed by atoms with Gasteiger partial charge in [-0.1, -0.05) is 50.6 Å². The summed E-state index contributed by atoms with van der Waals surface area (Å²) in [5, 5.41) is 9.47. The number of halogens is 1. The van der Waals surface area contributed by atoms with Gasteiger partial charge >= 0.3 is 5.97 Å². The van der Waals surface area contributed by atoms with Gasteiger partial charge in [-0.3, -0.25) is 4.79 Å². The molecule has 0 aliphatic heterocycles. The van der Waals surface area contributed by atoms with E-state index in [0.29, 0.717) is 6.42 Å². The molecule has 5 nitrogen and oxygen atoms in total. The number of aliphatic carboxylic acids is 1. The lowest BCUT2D eigenvalue weighted by Gasteiger charge is -2.20. The molecular weight excluding hydrogens is 314 g/mol.